The summed E-state index contributed by atoms with van der Waals surface area (Å²) in [6, 6.07) is -0.597. The van der Waals surface area contributed by atoms with Crippen molar-refractivity contribution in [2.45, 2.75) is 39.7 Å². The molecule has 17 heavy (non-hydrogen) atoms. The maximum absolute atomic E-state index is 11.6. The average molecular weight is 266 g/mol. The van der Waals surface area contributed by atoms with Crippen LogP contribution in [0.5, 0.6) is 0 Å². The van der Waals surface area contributed by atoms with Crippen LogP contribution >= 0.6 is 0 Å². The fourth-order valence-corrected chi connectivity index (χ4v) is 2.22. The normalized spacial score (nSPS) is 14.9. The van der Waals surface area contributed by atoms with E-state index in [0.717, 1.165) is 4.31 Å². The molecule has 0 aromatic rings. The molecule has 0 aromatic heterocycles. The van der Waals surface area contributed by atoms with Crippen molar-refractivity contribution in [2.75, 3.05) is 14.1 Å². The van der Waals surface area contributed by atoms with E-state index in [1.54, 1.807) is 0 Å². The minimum absolute atomic E-state index is 0.144. The van der Waals surface area contributed by atoms with E-state index in [1.165, 1.54) is 14.1 Å². The molecule has 0 aliphatic heterocycles. The minimum atomic E-state index is -3.60. The fourth-order valence-electron chi connectivity index (χ4n) is 1.42. The van der Waals surface area contributed by atoms with Gasteiger partial charge < -0.3 is 5.11 Å². The first-order valence-electron chi connectivity index (χ1n) is 5.35. The van der Waals surface area contributed by atoms with E-state index < -0.39 is 22.2 Å². The number of carbonyl (C=O) groups is 1. The summed E-state index contributed by atoms with van der Waals surface area (Å²) in [5, 5.41) is 8.77. The summed E-state index contributed by atoms with van der Waals surface area (Å²) in [6.45, 7) is 5.81. The molecule has 0 rings (SSSR count). The summed E-state index contributed by atoms with van der Waals surface area (Å²) < 4.78 is 26.7. The van der Waals surface area contributed by atoms with Crippen molar-refractivity contribution in [3.05, 3.63) is 0 Å². The van der Waals surface area contributed by atoms with E-state index >= 15 is 0 Å². The van der Waals surface area contributed by atoms with Crippen LogP contribution in [0.15, 0.2) is 0 Å². The maximum atomic E-state index is 11.6. The predicted molar refractivity (Wildman–Crippen MR) is 65.9 cm³/mol. The third-order valence-corrected chi connectivity index (χ3v) is 3.67. The number of hydrogen-bond acceptors (Lipinski definition) is 3. The summed E-state index contributed by atoms with van der Waals surface area (Å²) in [5.41, 5.74) is -0.144. The molecule has 1 unspecified atom stereocenters. The Labute approximate surface area is 103 Å². The van der Waals surface area contributed by atoms with Gasteiger partial charge in [0.05, 0.1) is 6.42 Å². The third-order valence-electron chi connectivity index (χ3n) is 2.08. The van der Waals surface area contributed by atoms with Gasteiger partial charge in [0, 0.05) is 20.1 Å². The highest BCUT2D eigenvalue weighted by molar-refractivity contribution is 7.87. The molecule has 0 fully saturated rings. The number of aliphatic carboxylic acids is 1. The molecule has 7 heteroatoms. The molecule has 1 atom stereocenters. The van der Waals surface area contributed by atoms with Gasteiger partial charge in [0.2, 0.25) is 0 Å². The Kier molecular flexibility index (Phi) is 5.57. The van der Waals surface area contributed by atoms with Crippen LogP contribution in [-0.4, -0.2) is 43.9 Å². The SMILES string of the molecule is CN(C)S(=O)(=O)NC(CC(=O)O)CC(C)(C)C. The van der Waals surface area contributed by atoms with Crippen molar-refractivity contribution in [3.63, 3.8) is 0 Å². The molecule has 0 aliphatic rings. The van der Waals surface area contributed by atoms with E-state index in [1.807, 2.05) is 20.8 Å². The first-order valence-corrected chi connectivity index (χ1v) is 6.79. The first-order chi connectivity index (χ1) is 7.44. The predicted octanol–water partition coefficient (Wildman–Crippen LogP) is 0.662. The number of rotatable bonds is 6. The van der Waals surface area contributed by atoms with Gasteiger partial charge in [0.25, 0.3) is 10.2 Å². The van der Waals surface area contributed by atoms with Crippen LogP contribution in [0.25, 0.3) is 0 Å². The van der Waals surface area contributed by atoms with Gasteiger partial charge in [-0.1, -0.05) is 20.8 Å². The van der Waals surface area contributed by atoms with E-state index in [-0.39, 0.29) is 11.8 Å². The standard InChI is InChI=1S/C10H22N2O4S/c1-10(2,3)7-8(6-9(13)14)11-17(15,16)12(4)5/h8,11H,6-7H2,1-5H3,(H,13,14). The summed E-state index contributed by atoms with van der Waals surface area (Å²) in [4.78, 5) is 10.7. The quantitative estimate of drug-likeness (QED) is 0.739. The molecule has 0 heterocycles. The van der Waals surface area contributed by atoms with Crippen molar-refractivity contribution in [1.82, 2.24) is 9.03 Å². The fraction of sp³-hybridized carbons (Fsp3) is 0.900. The van der Waals surface area contributed by atoms with Crippen LogP contribution in [0.4, 0.5) is 0 Å². The van der Waals surface area contributed by atoms with Crippen LogP contribution in [0, 0.1) is 5.41 Å². The highest BCUT2D eigenvalue weighted by Crippen LogP contribution is 2.22. The summed E-state index contributed by atoms with van der Waals surface area (Å²) in [5.74, 6) is -1.01. The second kappa shape index (κ2) is 5.79. The molecule has 0 spiro atoms. The van der Waals surface area contributed by atoms with E-state index in [0.29, 0.717) is 6.42 Å². The van der Waals surface area contributed by atoms with Gasteiger partial charge in [-0.15, -0.1) is 0 Å². The van der Waals surface area contributed by atoms with Gasteiger partial charge in [-0.25, -0.2) is 0 Å². The van der Waals surface area contributed by atoms with E-state index in [4.69, 9.17) is 5.11 Å². The Morgan fingerprint density at radius 2 is 1.82 bits per heavy atom. The highest BCUT2D eigenvalue weighted by atomic mass is 32.2. The lowest BCUT2D eigenvalue weighted by Crippen LogP contribution is -2.44. The zero-order valence-corrected chi connectivity index (χ0v) is 11.8. The lowest BCUT2D eigenvalue weighted by atomic mass is 9.87. The summed E-state index contributed by atoms with van der Waals surface area (Å²) in [7, 11) is -0.795. The van der Waals surface area contributed by atoms with Gasteiger partial charge in [-0.3, -0.25) is 4.79 Å². The van der Waals surface area contributed by atoms with Crippen LogP contribution in [0.1, 0.15) is 33.6 Å². The molecule has 0 bridgehead atoms. The number of nitrogens with zero attached hydrogens (tertiary/aromatic N) is 1. The summed E-state index contributed by atoms with van der Waals surface area (Å²) >= 11 is 0. The largest absolute Gasteiger partial charge is 0.481 e. The van der Waals surface area contributed by atoms with Crippen LogP contribution in [0.3, 0.4) is 0 Å². The van der Waals surface area contributed by atoms with Gasteiger partial charge in [-0.05, 0) is 11.8 Å². The molecule has 2 N–H and O–H groups in total. The molecule has 0 amide bonds. The smallest absolute Gasteiger partial charge is 0.304 e. The minimum Gasteiger partial charge on any atom is -0.481 e. The number of nitrogens with one attached hydrogen (secondary N) is 1. The maximum Gasteiger partial charge on any atom is 0.304 e. The molecular weight excluding hydrogens is 244 g/mol. The third kappa shape index (κ3) is 7.30. The van der Waals surface area contributed by atoms with E-state index in [2.05, 4.69) is 4.72 Å². The monoisotopic (exact) mass is 266 g/mol. The molecule has 102 valence electrons. The van der Waals surface area contributed by atoms with E-state index in [9.17, 15) is 13.2 Å². The first kappa shape index (κ1) is 16.3. The number of carboxylic acids is 1. The second-order valence-corrected chi connectivity index (χ2v) is 7.38. The Hall–Kier alpha value is -0.660. The second-order valence-electron chi connectivity index (χ2n) is 5.46. The Morgan fingerprint density at radius 3 is 2.12 bits per heavy atom. The van der Waals surface area contributed by atoms with Crippen molar-refractivity contribution in [3.8, 4) is 0 Å². The molecule has 0 aliphatic carbocycles. The van der Waals surface area contributed by atoms with Crippen molar-refractivity contribution in [2.24, 2.45) is 5.41 Å². The van der Waals surface area contributed by atoms with Gasteiger partial charge in [0.15, 0.2) is 0 Å². The van der Waals surface area contributed by atoms with Crippen molar-refractivity contribution < 1.29 is 18.3 Å². The van der Waals surface area contributed by atoms with Gasteiger partial charge >= 0.3 is 5.97 Å². The van der Waals surface area contributed by atoms with Crippen molar-refractivity contribution in [1.29, 1.82) is 0 Å². The Morgan fingerprint density at radius 1 is 1.35 bits per heavy atom. The molecule has 0 saturated heterocycles. The highest BCUT2D eigenvalue weighted by Gasteiger charge is 2.26. The van der Waals surface area contributed by atoms with Crippen molar-refractivity contribution >= 4 is 16.2 Å². The Bertz CT molecular complexity index is 357. The summed E-state index contributed by atoms with van der Waals surface area (Å²) in [6.07, 6.45) is 0.247. The van der Waals surface area contributed by atoms with Crippen LogP contribution in [0.2, 0.25) is 0 Å². The topological polar surface area (TPSA) is 86.7 Å². The van der Waals surface area contributed by atoms with Crippen LogP contribution in [-0.2, 0) is 15.0 Å². The zero-order valence-electron chi connectivity index (χ0n) is 11.0. The molecule has 0 aromatic carbocycles. The van der Waals surface area contributed by atoms with Gasteiger partial charge in [-0.2, -0.15) is 17.4 Å². The zero-order chi connectivity index (χ0) is 13.9. The number of carboxylic acid groups (broad SMARTS) is 1. The molecule has 0 radical (unpaired) electrons. The number of hydrogen-bond donors (Lipinski definition) is 2. The molecule has 0 saturated carbocycles. The van der Waals surface area contributed by atoms with Crippen LogP contribution < -0.4 is 4.72 Å². The van der Waals surface area contributed by atoms with Gasteiger partial charge in [0.1, 0.15) is 0 Å². The molecular formula is C10H22N2O4S. The average Bonchev–Trinajstić information content (AvgIpc) is 1.96. The lowest BCUT2D eigenvalue weighted by molar-refractivity contribution is -0.137. The lowest BCUT2D eigenvalue weighted by Gasteiger charge is -2.26. The molecule has 6 nitrogen and oxygen atoms in total. The Balaban J connectivity index is 4.78.